The molecule has 0 spiro atoms. The number of nitro groups is 1. The van der Waals surface area contributed by atoms with Gasteiger partial charge in [0.2, 0.25) is 0 Å². The van der Waals surface area contributed by atoms with Crippen molar-refractivity contribution in [2.75, 3.05) is 19.5 Å². The molecule has 10 nitrogen and oxygen atoms in total. The van der Waals surface area contributed by atoms with Gasteiger partial charge in [-0.2, -0.15) is 0 Å². The predicted molar refractivity (Wildman–Crippen MR) is 127 cm³/mol. The Morgan fingerprint density at radius 1 is 1.26 bits per heavy atom. The first-order chi connectivity index (χ1) is 16.4. The smallest absolute Gasteiger partial charge is 0.305 e. The number of hydrogen-bond acceptors (Lipinski definition) is 9. The lowest BCUT2D eigenvalue weighted by molar-refractivity contribution is -0.384. The molecule has 1 N–H and O–H groups in total. The Kier molecular flexibility index (Phi) is 7.25. The van der Waals surface area contributed by atoms with E-state index in [1.54, 1.807) is 34.9 Å². The van der Waals surface area contributed by atoms with Gasteiger partial charge < -0.3 is 9.84 Å². The molecular weight excluding hydrogens is 482 g/mol. The fourth-order valence-corrected chi connectivity index (χ4v) is 4.60. The van der Waals surface area contributed by atoms with Gasteiger partial charge in [-0.05, 0) is 18.6 Å². The quantitative estimate of drug-likeness (QED) is 0.213. The van der Waals surface area contributed by atoms with E-state index in [2.05, 4.69) is 10.2 Å². The van der Waals surface area contributed by atoms with Crippen LogP contribution in [0.1, 0.15) is 35.8 Å². The number of ether oxygens (including phenoxy) is 1. The molecule has 1 aromatic heterocycles. The van der Waals surface area contributed by atoms with Gasteiger partial charge >= 0.3 is 5.97 Å². The summed E-state index contributed by atoms with van der Waals surface area (Å²) in [6.45, 7) is -0.0624. The summed E-state index contributed by atoms with van der Waals surface area (Å²) in [6, 6.07) is 11.0. The highest BCUT2D eigenvalue weighted by molar-refractivity contribution is 7.99. The van der Waals surface area contributed by atoms with Gasteiger partial charge in [0.25, 0.3) is 5.69 Å². The van der Waals surface area contributed by atoms with Crippen molar-refractivity contribution in [3.05, 3.63) is 74.6 Å². The molecule has 0 radical (unpaired) electrons. The largest absolute Gasteiger partial charge is 0.469 e. The van der Waals surface area contributed by atoms with E-state index in [9.17, 15) is 20.0 Å². The van der Waals surface area contributed by atoms with Crippen LogP contribution in [-0.4, -0.2) is 55.9 Å². The van der Waals surface area contributed by atoms with Crippen molar-refractivity contribution in [2.24, 2.45) is 4.99 Å². The molecule has 0 saturated carbocycles. The molecule has 1 aliphatic rings. The van der Waals surface area contributed by atoms with Crippen LogP contribution in [0.5, 0.6) is 0 Å². The number of thioether (sulfide) groups is 1. The van der Waals surface area contributed by atoms with Crippen molar-refractivity contribution in [1.29, 1.82) is 0 Å². The molecule has 34 heavy (non-hydrogen) atoms. The van der Waals surface area contributed by atoms with Crippen LogP contribution in [0.2, 0.25) is 5.02 Å². The Morgan fingerprint density at radius 3 is 2.76 bits per heavy atom. The van der Waals surface area contributed by atoms with Crippen LogP contribution in [0.4, 0.5) is 5.69 Å². The number of halogens is 1. The number of carbonyl (C=O) groups is 1. The molecule has 3 aromatic rings. The molecule has 0 fully saturated rings. The minimum atomic E-state index is -0.604. The predicted octanol–water partition coefficient (Wildman–Crippen LogP) is 3.76. The second-order valence-corrected chi connectivity index (χ2v) is 8.76. The van der Waals surface area contributed by atoms with Gasteiger partial charge in [-0.3, -0.25) is 24.5 Å². The first-order valence-corrected chi connectivity index (χ1v) is 11.7. The van der Waals surface area contributed by atoms with E-state index in [0.717, 1.165) is 0 Å². The van der Waals surface area contributed by atoms with E-state index < -0.39 is 16.9 Å². The van der Waals surface area contributed by atoms with E-state index in [4.69, 9.17) is 21.3 Å². The summed E-state index contributed by atoms with van der Waals surface area (Å²) in [5, 5.41) is 30.4. The van der Waals surface area contributed by atoms with Crippen molar-refractivity contribution >= 4 is 40.7 Å². The topological polar surface area (TPSA) is 133 Å². The third kappa shape index (κ3) is 4.67. The lowest BCUT2D eigenvalue weighted by Crippen LogP contribution is -2.09. The first kappa shape index (κ1) is 23.9. The van der Waals surface area contributed by atoms with Gasteiger partial charge in [0.15, 0.2) is 11.0 Å². The number of benzene rings is 2. The number of aromatic nitrogens is 3. The van der Waals surface area contributed by atoms with E-state index in [1.807, 2.05) is 0 Å². The lowest BCUT2D eigenvalue weighted by atomic mass is 9.99. The number of nitrogens with zero attached hydrogens (tertiary/aromatic N) is 5. The van der Waals surface area contributed by atoms with E-state index >= 15 is 0 Å². The number of aliphatic hydroxyl groups is 1. The van der Waals surface area contributed by atoms with Crippen LogP contribution in [-0.2, 0) is 9.53 Å². The van der Waals surface area contributed by atoms with Crippen LogP contribution in [0.15, 0.2) is 52.6 Å². The normalized spacial score (nSPS) is 14.6. The van der Waals surface area contributed by atoms with Gasteiger partial charge in [-0.15, -0.1) is 10.2 Å². The second kappa shape index (κ2) is 10.3. The number of carbonyl (C=O) groups excluding carboxylic acids is 1. The average molecular weight is 502 g/mol. The van der Waals surface area contributed by atoms with Crippen LogP contribution in [0.3, 0.4) is 0 Å². The summed E-state index contributed by atoms with van der Waals surface area (Å²) in [7, 11) is 1.31. The number of rotatable bonds is 8. The molecule has 0 bridgehead atoms. The molecule has 0 aliphatic carbocycles. The Labute approximate surface area is 203 Å². The van der Waals surface area contributed by atoms with E-state index in [-0.39, 0.29) is 25.1 Å². The number of hydrogen-bond donors (Lipinski definition) is 1. The summed E-state index contributed by atoms with van der Waals surface area (Å²) in [6.07, 6.45) is 0.364. The number of esters is 1. The number of non-ortho nitro benzene ring substituents is 1. The van der Waals surface area contributed by atoms with E-state index in [0.29, 0.717) is 44.3 Å². The zero-order valence-electron chi connectivity index (χ0n) is 18.0. The Bertz CT molecular complexity index is 1280. The molecule has 1 atom stereocenters. The van der Waals surface area contributed by atoms with Gasteiger partial charge in [-0.1, -0.05) is 41.6 Å². The van der Waals surface area contributed by atoms with Gasteiger partial charge in [0.05, 0.1) is 30.0 Å². The molecule has 0 saturated heterocycles. The molecule has 12 heteroatoms. The number of aliphatic hydroxyl groups excluding tert-OH is 1. The molecule has 2 heterocycles. The van der Waals surface area contributed by atoms with Crippen molar-refractivity contribution in [3.63, 3.8) is 0 Å². The van der Waals surface area contributed by atoms with E-state index in [1.165, 1.54) is 31.0 Å². The first-order valence-electron chi connectivity index (χ1n) is 10.3. The number of aliphatic imine (C=N–C) groups is 1. The van der Waals surface area contributed by atoms with Crippen LogP contribution in [0.25, 0.3) is 5.69 Å². The third-order valence-electron chi connectivity index (χ3n) is 5.23. The summed E-state index contributed by atoms with van der Waals surface area (Å²) < 4.78 is 6.57. The van der Waals surface area contributed by atoms with Gasteiger partial charge in [0, 0.05) is 40.5 Å². The fourth-order valence-electron chi connectivity index (χ4n) is 3.68. The minimum absolute atomic E-state index is 0.0624. The van der Waals surface area contributed by atoms with Crippen LogP contribution >= 0.6 is 23.4 Å². The minimum Gasteiger partial charge on any atom is -0.469 e. The second-order valence-electron chi connectivity index (χ2n) is 7.29. The van der Waals surface area contributed by atoms with Crippen molar-refractivity contribution in [3.8, 4) is 5.69 Å². The molecular formula is C22H20ClN5O5S. The summed E-state index contributed by atoms with van der Waals surface area (Å²) in [5.41, 5.74) is 2.01. The van der Waals surface area contributed by atoms with Crippen molar-refractivity contribution < 1.29 is 19.6 Å². The van der Waals surface area contributed by atoms with Crippen molar-refractivity contribution in [2.45, 2.75) is 24.0 Å². The highest BCUT2D eigenvalue weighted by atomic mass is 35.5. The number of methoxy groups -OCH3 is 1. The fraction of sp³-hybridized carbons (Fsp3) is 0.273. The van der Waals surface area contributed by atoms with Crippen LogP contribution < -0.4 is 0 Å². The molecule has 2 aromatic carbocycles. The van der Waals surface area contributed by atoms with Gasteiger partial charge in [-0.25, -0.2) is 0 Å². The molecule has 176 valence electrons. The molecule has 0 unspecified atom stereocenters. The number of fused-ring (bicyclic) bond motifs is 3. The van der Waals surface area contributed by atoms with Crippen molar-refractivity contribution in [1.82, 2.24) is 14.8 Å². The zero-order chi connectivity index (χ0) is 24.2. The Hall–Kier alpha value is -3.28. The highest BCUT2D eigenvalue weighted by Gasteiger charge is 2.31. The Morgan fingerprint density at radius 2 is 2.06 bits per heavy atom. The maximum atomic E-state index is 11.9. The molecule has 1 aliphatic heterocycles. The van der Waals surface area contributed by atoms with Gasteiger partial charge in [0.1, 0.15) is 6.04 Å². The third-order valence-corrected chi connectivity index (χ3v) is 6.47. The number of nitro benzene ring substituents is 1. The molecule has 0 amide bonds. The zero-order valence-corrected chi connectivity index (χ0v) is 19.6. The monoisotopic (exact) mass is 501 g/mol. The lowest BCUT2D eigenvalue weighted by Gasteiger charge is -2.13. The maximum Gasteiger partial charge on any atom is 0.305 e. The maximum absolute atomic E-state index is 11.9. The summed E-state index contributed by atoms with van der Waals surface area (Å²) >= 11 is 7.80. The van der Waals surface area contributed by atoms with Crippen LogP contribution in [0, 0.1) is 10.1 Å². The SMILES string of the molecule is COC(=O)CC[C@@H]1N=C(c2ccccc2Cl)c2cc([N+](=O)[O-])ccc2-n2c(SCCO)nnc21. The summed E-state index contributed by atoms with van der Waals surface area (Å²) in [5.74, 6) is 0.459. The molecule has 4 rings (SSSR count). The Balaban J connectivity index is 1.98. The average Bonchev–Trinajstić information content (AvgIpc) is 3.20. The standard InChI is InChI=1S/C22H20ClN5O5S/c1-33-19(30)9-7-17-21-25-26-22(34-11-10-29)27(21)18-8-6-13(28(31)32)12-15(18)20(24-17)14-4-2-3-5-16(14)23/h2-6,8,12,17,29H,7,9-11H2,1H3/t17-/m0/s1. The highest BCUT2D eigenvalue weighted by Crippen LogP contribution is 2.37. The summed E-state index contributed by atoms with van der Waals surface area (Å²) in [4.78, 5) is 27.9.